The van der Waals surface area contributed by atoms with Crippen molar-refractivity contribution in [3.63, 3.8) is 0 Å². The Balaban J connectivity index is 1.59. The molecule has 0 fully saturated rings. The molecule has 206 valence electrons. The summed E-state index contributed by atoms with van der Waals surface area (Å²) in [4.78, 5) is 38.1. The highest BCUT2D eigenvalue weighted by Crippen LogP contribution is 2.16. The molecule has 3 aromatic rings. The molecule has 0 spiro atoms. The van der Waals surface area contributed by atoms with E-state index in [4.69, 9.17) is 14.2 Å². The monoisotopic (exact) mass is 532 g/mol. The van der Waals surface area contributed by atoms with Crippen molar-refractivity contribution in [2.45, 2.75) is 52.0 Å². The smallest absolute Gasteiger partial charge is 0.408 e. The molecular weight excluding hydrogens is 496 g/mol. The lowest BCUT2D eigenvalue weighted by Crippen LogP contribution is -2.53. The topological polar surface area (TPSA) is 103 Å². The van der Waals surface area contributed by atoms with Gasteiger partial charge >= 0.3 is 12.1 Å². The van der Waals surface area contributed by atoms with Crippen LogP contribution in [0.2, 0.25) is 0 Å². The Kier molecular flexibility index (Phi) is 11.4. The fourth-order valence-corrected chi connectivity index (χ4v) is 3.92. The van der Waals surface area contributed by atoms with E-state index in [2.05, 4.69) is 10.6 Å². The van der Waals surface area contributed by atoms with E-state index >= 15 is 0 Å². The highest BCUT2D eigenvalue weighted by Gasteiger charge is 2.28. The molecule has 0 aliphatic carbocycles. The minimum absolute atomic E-state index is 0.0819. The number of rotatable bonds is 13. The first-order valence-corrected chi connectivity index (χ1v) is 12.9. The third-order valence-corrected chi connectivity index (χ3v) is 5.94. The van der Waals surface area contributed by atoms with Gasteiger partial charge in [0.15, 0.2) is 0 Å². The second kappa shape index (κ2) is 15.2. The minimum Gasteiger partial charge on any atom is -0.489 e. The zero-order chi connectivity index (χ0) is 28.0. The number of amides is 2. The molecule has 0 aromatic heterocycles. The molecule has 8 nitrogen and oxygen atoms in total. The van der Waals surface area contributed by atoms with Crippen molar-refractivity contribution in [2.24, 2.45) is 5.92 Å². The minimum atomic E-state index is -0.935. The molecule has 2 amide bonds. The van der Waals surface area contributed by atoms with Crippen LogP contribution in [0.25, 0.3) is 0 Å². The number of carbonyl (C=O) groups is 3. The molecule has 3 rings (SSSR count). The average molecular weight is 533 g/mol. The number of hydrogen-bond donors (Lipinski definition) is 2. The third-order valence-electron chi connectivity index (χ3n) is 5.94. The second-order valence-corrected chi connectivity index (χ2v) is 9.59. The lowest BCUT2D eigenvalue weighted by atomic mass is 10.0. The van der Waals surface area contributed by atoms with Gasteiger partial charge in [-0.05, 0) is 41.2 Å². The number of carbonyl (C=O) groups excluding carboxylic acids is 3. The van der Waals surface area contributed by atoms with Crippen LogP contribution in [-0.4, -0.2) is 37.2 Å². The van der Waals surface area contributed by atoms with Crippen LogP contribution in [0.3, 0.4) is 0 Å². The molecule has 0 aliphatic rings. The molecule has 0 unspecified atom stereocenters. The molecule has 2 atom stereocenters. The Morgan fingerprint density at radius 3 is 1.87 bits per heavy atom. The number of methoxy groups -OCH3 is 1. The van der Waals surface area contributed by atoms with Crippen molar-refractivity contribution in [3.05, 3.63) is 102 Å². The van der Waals surface area contributed by atoms with Gasteiger partial charge in [-0.3, -0.25) is 4.79 Å². The van der Waals surface area contributed by atoms with Gasteiger partial charge in [0.05, 0.1) is 7.11 Å². The second-order valence-electron chi connectivity index (χ2n) is 9.59. The van der Waals surface area contributed by atoms with Crippen molar-refractivity contribution in [1.82, 2.24) is 10.6 Å². The summed E-state index contributed by atoms with van der Waals surface area (Å²) in [5.74, 6) is -0.270. The normalized spacial score (nSPS) is 12.2. The maximum absolute atomic E-state index is 13.2. The summed E-state index contributed by atoms with van der Waals surface area (Å²) in [6.45, 7) is 4.41. The van der Waals surface area contributed by atoms with Gasteiger partial charge in [-0.25, -0.2) is 9.59 Å². The van der Waals surface area contributed by atoms with E-state index in [0.29, 0.717) is 18.8 Å². The number of nitrogens with one attached hydrogen (secondary N) is 2. The molecule has 3 aromatic carbocycles. The van der Waals surface area contributed by atoms with Gasteiger partial charge in [0.2, 0.25) is 5.91 Å². The summed E-state index contributed by atoms with van der Waals surface area (Å²) in [6, 6.07) is 24.6. The summed E-state index contributed by atoms with van der Waals surface area (Å²) < 4.78 is 16.0. The van der Waals surface area contributed by atoms with Gasteiger partial charge in [-0.15, -0.1) is 0 Å². The van der Waals surface area contributed by atoms with Crippen molar-refractivity contribution in [1.29, 1.82) is 0 Å². The highest BCUT2D eigenvalue weighted by atomic mass is 16.5. The quantitative estimate of drug-likeness (QED) is 0.307. The largest absolute Gasteiger partial charge is 0.489 e. The van der Waals surface area contributed by atoms with Crippen LogP contribution < -0.4 is 15.4 Å². The first kappa shape index (κ1) is 29.2. The lowest BCUT2D eigenvalue weighted by molar-refractivity contribution is -0.145. The van der Waals surface area contributed by atoms with Crippen LogP contribution >= 0.6 is 0 Å². The van der Waals surface area contributed by atoms with E-state index in [1.165, 1.54) is 7.11 Å². The van der Waals surface area contributed by atoms with Crippen LogP contribution in [0.5, 0.6) is 5.75 Å². The third kappa shape index (κ3) is 10.2. The molecule has 39 heavy (non-hydrogen) atoms. The van der Waals surface area contributed by atoms with E-state index in [9.17, 15) is 14.4 Å². The molecule has 2 N–H and O–H groups in total. The Hall–Kier alpha value is -4.33. The maximum Gasteiger partial charge on any atom is 0.408 e. The number of alkyl carbamates (subject to hydrolysis) is 1. The van der Waals surface area contributed by atoms with Crippen LogP contribution in [0, 0.1) is 5.92 Å². The molecule has 0 bridgehead atoms. The molecule has 0 radical (unpaired) electrons. The van der Waals surface area contributed by atoms with E-state index < -0.39 is 30.1 Å². The molecular formula is C31H36N2O6. The predicted octanol–water partition coefficient (Wildman–Crippen LogP) is 4.81. The average Bonchev–Trinajstić information content (AvgIpc) is 2.95. The lowest BCUT2D eigenvalue weighted by Gasteiger charge is -2.23. The Bertz CT molecular complexity index is 1180. The van der Waals surface area contributed by atoms with Gasteiger partial charge in [0, 0.05) is 6.42 Å². The molecule has 0 heterocycles. The first-order chi connectivity index (χ1) is 18.8. The van der Waals surface area contributed by atoms with Gasteiger partial charge in [-0.2, -0.15) is 0 Å². The van der Waals surface area contributed by atoms with Crippen LogP contribution in [0.15, 0.2) is 84.9 Å². The summed E-state index contributed by atoms with van der Waals surface area (Å²) >= 11 is 0. The fourth-order valence-electron chi connectivity index (χ4n) is 3.92. The van der Waals surface area contributed by atoms with Crippen molar-refractivity contribution in [3.8, 4) is 5.75 Å². The van der Waals surface area contributed by atoms with Crippen molar-refractivity contribution >= 4 is 18.0 Å². The molecule has 0 saturated carbocycles. The zero-order valence-electron chi connectivity index (χ0n) is 22.6. The van der Waals surface area contributed by atoms with Gasteiger partial charge in [0.1, 0.15) is 31.0 Å². The first-order valence-electron chi connectivity index (χ1n) is 12.9. The van der Waals surface area contributed by atoms with Crippen molar-refractivity contribution in [2.75, 3.05) is 7.11 Å². The number of esters is 1. The SMILES string of the molecule is COC(=O)[C@@H](Cc1ccc(OCc2ccccc2)cc1)NC(=O)[C@H](CC(C)C)NC(=O)OCc1ccccc1. The van der Waals surface area contributed by atoms with E-state index in [0.717, 1.165) is 16.7 Å². The van der Waals surface area contributed by atoms with E-state index in [-0.39, 0.29) is 18.9 Å². The zero-order valence-corrected chi connectivity index (χ0v) is 22.6. The molecule has 0 aliphatic heterocycles. The standard InChI is InChI=1S/C31H36N2O6/c1-22(2)18-27(33-31(36)39-21-25-12-8-5-9-13-25)29(34)32-28(30(35)37-3)19-23-14-16-26(17-15-23)38-20-24-10-6-4-7-11-24/h4-17,22,27-28H,18-21H2,1-3H3,(H,32,34)(H,33,36)/t27-,28+/m0/s1. The van der Waals surface area contributed by atoms with Crippen LogP contribution in [0.4, 0.5) is 4.79 Å². The van der Waals surface area contributed by atoms with Crippen molar-refractivity contribution < 1.29 is 28.6 Å². The Labute approximate surface area is 229 Å². The molecule has 0 saturated heterocycles. The van der Waals surface area contributed by atoms with E-state index in [1.807, 2.05) is 98.8 Å². The maximum atomic E-state index is 13.2. The highest BCUT2D eigenvalue weighted by molar-refractivity contribution is 5.89. The van der Waals surface area contributed by atoms with Gasteiger partial charge in [-0.1, -0.05) is 86.6 Å². The summed E-state index contributed by atoms with van der Waals surface area (Å²) in [6.07, 6.45) is -0.127. The Morgan fingerprint density at radius 1 is 0.718 bits per heavy atom. The number of ether oxygens (including phenoxy) is 3. The predicted molar refractivity (Wildman–Crippen MR) is 148 cm³/mol. The fraction of sp³-hybridized carbons (Fsp3) is 0.323. The summed E-state index contributed by atoms with van der Waals surface area (Å²) in [5, 5.41) is 5.38. The molecule has 8 heteroatoms. The van der Waals surface area contributed by atoms with Gasteiger partial charge in [0.25, 0.3) is 0 Å². The summed E-state index contributed by atoms with van der Waals surface area (Å²) in [7, 11) is 1.27. The Morgan fingerprint density at radius 2 is 1.31 bits per heavy atom. The van der Waals surface area contributed by atoms with Crippen LogP contribution in [-0.2, 0) is 38.7 Å². The van der Waals surface area contributed by atoms with E-state index in [1.54, 1.807) is 0 Å². The number of hydrogen-bond acceptors (Lipinski definition) is 6. The van der Waals surface area contributed by atoms with Crippen LogP contribution in [0.1, 0.15) is 37.0 Å². The van der Waals surface area contributed by atoms with Gasteiger partial charge < -0.3 is 24.8 Å². The summed E-state index contributed by atoms with van der Waals surface area (Å²) in [5.41, 5.74) is 2.71. The number of benzene rings is 3.